The molecule has 0 unspecified atom stereocenters. The highest BCUT2D eigenvalue weighted by atomic mass is 35.5. The number of halogens is 1. The lowest BCUT2D eigenvalue weighted by molar-refractivity contribution is 0.618. The van der Waals surface area contributed by atoms with Crippen molar-refractivity contribution < 1.29 is 0 Å². The van der Waals surface area contributed by atoms with Crippen LogP contribution in [0.5, 0.6) is 0 Å². The predicted octanol–water partition coefficient (Wildman–Crippen LogP) is 2.13. The summed E-state index contributed by atoms with van der Waals surface area (Å²) in [5, 5.41) is 4.51. The van der Waals surface area contributed by atoms with Crippen molar-refractivity contribution >= 4 is 11.6 Å². The Balaban J connectivity index is 2.46. The smallest absolute Gasteiger partial charge is 0.0660 e. The highest BCUT2D eigenvalue weighted by Crippen LogP contribution is 2.25. The summed E-state index contributed by atoms with van der Waals surface area (Å²) in [4.78, 5) is 0. The Kier molecular flexibility index (Phi) is 2.09. The molecule has 0 saturated heterocycles. The van der Waals surface area contributed by atoms with Gasteiger partial charge in [0.25, 0.3) is 0 Å². The van der Waals surface area contributed by atoms with Crippen LogP contribution in [-0.4, -0.2) is 9.78 Å². The molecule has 0 N–H and O–H groups in total. The van der Waals surface area contributed by atoms with Gasteiger partial charge in [-0.25, -0.2) is 0 Å². The summed E-state index contributed by atoms with van der Waals surface area (Å²) >= 11 is 5.88. The molecule has 0 bridgehead atoms. The molecule has 0 spiro atoms. The molecule has 1 aliphatic carbocycles. The first-order valence-electron chi connectivity index (χ1n) is 4.50. The molecule has 1 heterocycles. The van der Waals surface area contributed by atoms with Crippen LogP contribution in [0.4, 0.5) is 0 Å². The van der Waals surface area contributed by atoms with Crippen LogP contribution in [0.1, 0.15) is 30.3 Å². The first-order chi connectivity index (χ1) is 5.86. The van der Waals surface area contributed by atoms with Crippen molar-refractivity contribution in [2.24, 2.45) is 0 Å². The van der Waals surface area contributed by atoms with Crippen molar-refractivity contribution in [1.82, 2.24) is 9.78 Å². The molecule has 0 fully saturated rings. The molecule has 2 rings (SSSR count). The molecule has 12 heavy (non-hydrogen) atoms. The Hall–Kier alpha value is -0.500. The zero-order valence-electron chi connectivity index (χ0n) is 7.31. The number of fused-ring (bicyclic) bond motifs is 1. The zero-order valence-corrected chi connectivity index (χ0v) is 8.06. The van der Waals surface area contributed by atoms with Crippen molar-refractivity contribution in [1.29, 1.82) is 0 Å². The first-order valence-corrected chi connectivity index (χ1v) is 5.03. The number of aromatic nitrogens is 2. The summed E-state index contributed by atoms with van der Waals surface area (Å²) in [6, 6.07) is 0. The van der Waals surface area contributed by atoms with E-state index < -0.39 is 0 Å². The van der Waals surface area contributed by atoms with E-state index in [9.17, 15) is 0 Å². The third-order valence-corrected chi connectivity index (χ3v) is 2.77. The van der Waals surface area contributed by atoms with E-state index in [1.807, 2.05) is 4.68 Å². The minimum absolute atomic E-state index is 0.607. The zero-order chi connectivity index (χ0) is 8.55. The second-order valence-electron chi connectivity index (χ2n) is 3.17. The second-order valence-corrected chi connectivity index (χ2v) is 3.44. The van der Waals surface area contributed by atoms with Gasteiger partial charge < -0.3 is 0 Å². The summed E-state index contributed by atoms with van der Waals surface area (Å²) in [7, 11) is 0. The van der Waals surface area contributed by atoms with Gasteiger partial charge >= 0.3 is 0 Å². The fourth-order valence-electron chi connectivity index (χ4n) is 1.92. The van der Waals surface area contributed by atoms with Crippen molar-refractivity contribution in [2.75, 3.05) is 0 Å². The Labute approximate surface area is 77.5 Å². The van der Waals surface area contributed by atoms with E-state index >= 15 is 0 Å². The maximum atomic E-state index is 5.88. The van der Waals surface area contributed by atoms with E-state index in [1.165, 1.54) is 29.8 Å². The molecule has 1 aliphatic rings. The van der Waals surface area contributed by atoms with Crippen LogP contribution in [0.3, 0.4) is 0 Å². The van der Waals surface area contributed by atoms with Gasteiger partial charge in [-0.05, 0) is 31.7 Å². The quantitative estimate of drug-likeness (QED) is 0.644. The molecule has 0 radical (unpaired) electrons. The highest BCUT2D eigenvalue weighted by molar-refractivity contribution is 6.17. The van der Waals surface area contributed by atoms with Gasteiger partial charge in [0.2, 0.25) is 0 Å². The summed E-state index contributed by atoms with van der Waals surface area (Å²) in [5.41, 5.74) is 3.95. The van der Waals surface area contributed by atoms with Crippen LogP contribution < -0.4 is 0 Å². The molecule has 1 aromatic heterocycles. The molecule has 3 heteroatoms. The summed E-state index contributed by atoms with van der Waals surface area (Å²) in [6.07, 6.45) is 3.58. The third-order valence-electron chi connectivity index (χ3n) is 2.52. The van der Waals surface area contributed by atoms with Gasteiger partial charge in [-0.1, -0.05) is 0 Å². The van der Waals surface area contributed by atoms with Crippen LogP contribution in [0.25, 0.3) is 0 Å². The van der Waals surface area contributed by atoms with Gasteiger partial charge in [-0.15, -0.1) is 11.6 Å². The maximum absolute atomic E-state index is 5.88. The molecule has 1 aromatic rings. The van der Waals surface area contributed by atoms with Gasteiger partial charge in [0.15, 0.2) is 0 Å². The number of aryl methyl sites for hydroxylation is 2. The topological polar surface area (TPSA) is 17.8 Å². The van der Waals surface area contributed by atoms with Crippen LogP contribution in [-0.2, 0) is 25.3 Å². The monoisotopic (exact) mass is 184 g/mol. The Morgan fingerprint density at radius 2 is 2.33 bits per heavy atom. The summed E-state index contributed by atoms with van der Waals surface area (Å²) in [5.74, 6) is 0.607. The largest absolute Gasteiger partial charge is 0.268 e. The lowest BCUT2D eigenvalue weighted by atomic mass is 10.2. The predicted molar refractivity (Wildman–Crippen MR) is 49.5 cm³/mol. The van der Waals surface area contributed by atoms with Gasteiger partial charge in [-0.3, -0.25) is 4.68 Å². The number of rotatable bonds is 2. The lowest BCUT2D eigenvalue weighted by Gasteiger charge is -2.02. The van der Waals surface area contributed by atoms with Crippen LogP contribution in [0, 0.1) is 0 Å². The standard InChI is InChI=1S/C9H13ClN2/c1-2-12-9(6-10)7-4-3-5-8(7)11-12/h2-6H2,1H3. The van der Waals surface area contributed by atoms with Gasteiger partial charge in [0.05, 0.1) is 17.3 Å². The number of hydrogen-bond donors (Lipinski definition) is 0. The molecule has 0 aromatic carbocycles. The number of nitrogens with zero attached hydrogens (tertiary/aromatic N) is 2. The minimum Gasteiger partial charge on any atom is -0.268 e. The van der Waals surface area contributed by atoms with Crippen molar-refractivity contribution in [3.8, 4) is 0 Å². The van der Waals surface area contributed by atoms with E-state index in [0.29, 0.717) is 5.88 Å². The van der Waals surface area contributed by atoms with Crippen molar-refractivity contribution in [2.45, 2.75) is 38.6 Å². The Morgan fingerprint density at radius 3 is 3.00 bits per heavy atom. The molecule has 0 atom stereocenters. The number of alkyl halides is 1. The summed E-state index contributed by atoms with van der Waals surface area (Å²) in [6.45, 7) is 3.05. The highest BCUT2D eigenvalue weighted by Gasteiger charge is 2.20. The second kappa shape index (κ2) is 3.09. The number of hydrogen-bond acceptors (Lipinski definition) is 1. The normalized spacial score (nSPS) is 15.2. The van der Waals surface area contributed by atoms with Gasteiger partial charge in [0.1, 0.15) is 0 Å². The van der Waals surface area contributed by atoms with Crippen LogP contribution in [0.2, 0.25) is 0 Å². The molecule has 66 valence electrons. The first kappa shape index (κ1) is 8.11. The molecular weight excluding hydrogens is 172 g/mol. The average molecular weight is 185 g/mol. The SMILES string of the molecule is CCn1nc2c(c1CCl)CCC2. The maximum Gasteiger partial charge on any atom is 0.0660 e. The average Bonchev–Trinajstić information content (AvgIpc) is 2.61. The molecule has 0 saturated carbocycles. The Bertz CT molecular complexity index is 291. The fraction of sp³-hybridized carbons (Fsp3) is 0.667. The van der Waals surface area contributed by atoms with E-state index in [4.69, 9.17) is 11.6 Å². The van der Waals surface area contributed by atoms with Crippen molar-refractivity contribution in [3.63, 3.8) is 0 Å². The van der Waals surface area contributed by atoms with E-state index in [0.717, 1.165) is 13.0 Å². The summed E-state index contributed by atoms with van der Waals surface area (Å²) < 4.78 is 2.04. The molecule has 0 aliphatic heterocycles. The molecule has 0 amide bonds. The lowest BCUT2D eigenvalue weighted by Crippen LogP contribution is -2.02. The molecular formula is C9H13ClN2. The van der Waals surface area contributed by atoms with Crippen molar-refractivity contribution in [3.05, 3.63) is 17.0 Å². The minimum atomic E-state index is 0.607. The van der Waals surface area contributed by atoms with E-state index in [1.54, 1.807) is 0 Å². The van der Waals surface area contributed by atoms with Crippen LogP contribution >= 0.6 is 11.6 Å². The van der Waals surface area contributed by atoms with Crippen LogP contribution in [0.15, 0.2) is 0 Å². The van der Waals surface area contributed by atoms with E-state index in [2.05, 4.69) is 12.0 Å². The van der Waals surface area contributed by atoms with E-state index in [-0.39, 0.29) is 0 Å². The third kappa shape index (κ3) is 1.06. The Morgan fingerprint density at radius 1 is 1.50 bits per heavy atom. The van der Waals surface area contributed by atoms with Gasteiger partial charge in [0, 0.05) is 6.54 Å². The van der Waals surface area contributed by atoms with Gasteiger partial charge in [-0.2, -0.15) is 5.10 Å². The molecule has 2 nitrogen and oxygen atoms in total. The fourth-order valence-corrected chi connectivity index (χ4v) is 2.22.